The Labute approximate surface area is 95.4 Å². The average Bonchev–Trinajstić information content (AvgIpc) is 2.25. The second-order valence-electron chi connectivity index (χ2n) is 3.82. The van der Waals surface area contributed by atoms with Gasteiger partial charge in [-0.3, -0.25) is 0 Å². The van der Waals surface area contributed by atoms with Gasteiger partial charge < -0.3 is 9.84 Å². The molecule has 0 saturated carbocycles. The first-order chi connectivity index (χ1) is 7.56. The summed E-state index contributed by atoms with van der Waals surface area (Å²) in [4.78, 5) is 11.1. The fourth-order valence-electron chi connectivity index (χ4n) is 1.35. The van der Waals surface area contributed by atoms with Gasteiger partial charge in [-0.2, -0.15) is 0 Å². The standard InChI is InChI=1S/C13H16O3/c1-4-7-16-12-6-5-10(9(2)3)8-11(12)13(14)15/h4-6,8-9H,1,7H2,2-3H3,(H,14,15). The molecule has 0 aliphatic carbocycles. The second kappa shape index (κ2) is 5.35. The van der Waals surface area contributed by atoms with Crippen LogP contribution in [0.2, 0.25) is 0 Å². The number of aromatic carboxylic acids is 1. The van der Waals surface area contributed by atoms with Crippen LogP contribution >= 0.6 is 0 Å². The monoisotopic (exact) mass is 220 g/mol. The van der Waals surface area contributed by atoms with Crippen molar-refractivity contribution < 1.29 is 14.6 Å². The molecule has 0 amide bonds. The normalized spacial score (nSPS) is 10.2. The van der Waals surface area contributed by atoms with Crippen LogP contribution in [-0.4, -0.2) is 17.7 Å². The number of rotatable bonds is 5. The zero-order valence-corrected chi connectivity index (χ0v) is 9.56. The van der Waals surface area contributed by atoms with E-state index in [9.17, 15) is 4.79 Å². The van der Waals surface area contributed by atoms with Crippen LogP contribution in [0.4, 0.5) is 0 Å². The number of ether oxygens (including phenoxy) is 1. The van der Waals surface area contributed by atoms with E-state index in [4.69, 9.17) is 9.84 Å². The third kappa shape index (κ3) is 2.86. The minimum Gasteiger partial charge on any atom is -0.489 e. The first-order valence-corrected chi connectivity index (χ1v) is 5.17. The third-order valence-electron chi connectivity index (χ3n) is 2.26. The number of carbonyl (C=O) groups is 1. The van der Waals surface area contributed by atoms with Crippen molar-refractivity contribution in [2.24, 2.45) is 0 Å². The molecule has 0 unspecified atom stereocenters. The molecule has 16 heavy (non-hydrogen) atoms. The highest BCUT2D eigenvalue weighted by atomic mass is 16.5. The van der Waals surface area contributed by atoms with Gasteiger partial charge in [0.2, 0.25) is 0 Å². The van der Waals surface area contributed by atoms with Crippen LogP contribution in [0.15, 0.2) is 30.9 Å². The lowest BCUT2D eigenvalue weighted by Gasteiger charge is -2.11. The highest BCUT2D eigenvalue weighted by Gasteiger charge is 2.13. The topological polar surface area (TPSA) is 46.5 Å². The van der Waals surface area contributed by atoms with Crippen LogP contribution in [-0.2, 0) is 0 Å². The summed E-state index contributed by atoms with van der Waals surface area (Å²) in [6, 6.07) is 5.24. The summed E-state index contributed by atoms with van der Waals surface area (Å²) in [5.74, 6) is -0.287. The maximum Gasteiger partial charge on any atom is 0.339 e. The molecule has 0 atom stereocenters. The van der Waals surface area contributed by atoms with Gasteiger partial charge in [0.1, 0.15) is 17.9 Å². The molecule has 86 valence electrons. The van der Waals surface area contributed by atoms with Crippen molar-refractivity contribution in [1.29, 1.82) is 0 Å². The number of carboxylic acid groups (broad SMARTS) is 1. The molecule has 0 aromatic heterocycles. The molecule has 0 spiro atoms. The number of hydrogen-bond acceptors (Lipinski definition) is 2. The van der Waals surface area contributed by atoms with E-state index in [0.29, 0.717) is 18.3 Å². The third-order valence-corrected chi connectivity index (χ3v) is 2.26. The summed E-state index contributed by atoms with van der Waals surface area (Å²) in [5.41, 5.74) is 1.19. The van der Waals surface area contributed by atoms with Crippen molar-refractivity contribution in [3.05, 3.63) is 42.0 Å². The summed E-state index contributed by atoms with van der Waals surface area (Å²) in [5, 5.41) is 9.07. The molecular formula is C13H16O3. The zero-order chi connectivity index (χ0) is 12.1. The summed E-state index contributed by atoms with van der Waals surface area (Å²) in [6.45, 7) is 7.87. The van der Waals surface area contributed by atoms with Crippen molar-refractivity contribution in [1.82, 2.24) is 0 Å². The van der Waals surface area contributed by atoms with Crippen LogP contribution in [0.3, 0.4) is 0 Å². The quantitative estimate of drug-likeness (QED) is 0.776. The highest BCUT2D eigenvalue weighted by Crippen LogP contribution is 2.24. The Kier molecular flexibility index (Phi) is 4.11. The molecule has 3 heteroatoms. The van der Waals surface area contributed by atoms with Crippen molar-refractivity contribution in [2.45, 2.75) is 19.8 Å². The van der Waals surface area contributed by atoms with Gasteiger partial charge in [0.15, 0.2) is 0 Å². The highest BCUT2D eigenvalue weighted by molar-refractivity contribution is 5.91. The molecule has 1 aromatic carbocycles. The Balaban J connectivity index is 3.09. The Morgan fingerprint density at radius 2 is 2.25 bits per heavy atom. The maximum atomic E-state index is 11.1. The van der Waals surface area contributed by atoms with Crippen LogP contribution in [0.5, 0.6) is 5.75 Å². The van der Waals surface area contributed by atoms with Crippen LogP contribution in [0.25, 0.3) is 0 Å². The van der Waals surface area contributed by atoms with Gasteiger partial charge in [0.25, 0.3) is 0 Å². The smallest absolute Gasteiger partial charge is 0.339 e. The minimum absolute atomic E-state index is 0.202. The predicted octanol–water partition coefficient (Wildman–Crippen LogP) is 3.07. The first-order valence-electron chi connectivity index (χ1n) is 5.17. The number of benzene rings is 1. The average molecular weight is 220 g/mol. The fraction of sp³-hybridized carbons (Fsp3) is 0.308. The molecule has 0 aliphatic heterocycles. The fourth-order valence-corrected chi connectivity index (χ4v) is 1.35. The lowest BCUT2D eigenvalue weighted by Crippen LogP contribution is -2.04. The van der Waals surface area contributed by atoms with E-state index in [2.05, 4.69) is 6.58 Å². The van der Waals surface area contributed by atoms with Crippen LogP contribution < -0.4 is 4.74 Å². The Morgan fingerprint density at radius 1 is 1.56 bits per heavy atom. The summed E-state index contributed by atoms with van der Waals surface area (Å²) in [6.07, 6.45) is 1.59. The van der Waals surface area contributed by atoms with Crippen molar-refractivity contribution in [3.8, 4) is 5.75 Å². The van der Waals surface area contributed by atoms with E-state index in [1.165, 1.54) is 0 Å². The maximum absolute atomic E-state index is 11.1. The molecule has 0 fully saturated rings. The molecule has 0 radical (unpaired) electrons. The van der Waals surface area contributed by atoms with Gasteiger partial charge in [-0.1, -0.05) is 32.6 Å². The van der Waals surface area contributed by atoms with E-state index in [1.807, 2.05) is 19.9 Å². The molecule has 0 bridgehead atoms. The zero-order valence-electron chi connectivity index (χ0n) is 9.56. The Bertz CT molecular complexity index is 394. The summed E-state index contributed by atoms with van der Waals surface area (Å²) < 4.78 is 5.28. The molecule has 1 aromatic rings. The van der Waals surface area contributed by atoms with Gasteiger partial charge in [-0.25, -0.2) is 4.79 Å². The lowest BCUT2D eigenvalue weighted by molar-refractivity contribution is 0.0692. The van der Waals surface area contributed by atoms with E-state index in [0.717, 1.165) is 5.56 Å². The molecular weight excluding hydrogens is 204 g/mol. The van der Waals surface area contributed by atoms with Crippen molar-refractivity contribution >= 4 is 5.97 Å². The second-order valence-corrected chi connectivity index (χ2v) is 3.82. The van der Waals surface area contributed by atoms with Gasteiger partial charge >= 0.3 is 5.97 Å². The lowest BCUT2D eigenvalue weighted by atomic mass is 10.0. The van der Waals surface area contributed by atoms with Crippen molar-refractivity contribution in [3.63, 3.8) is 0 Å². The van der Waals surface area contributed by atoms with E-state index >= 15 is 0 Å². The van der Waals surface area contributed by atoms with Crippen molar-refractivity contribution in [2.75, 3.05) is 6.61 Å². The summed E-state index contributed by atoms with van der Waals surface area (Å²) in [7, 11) is 0. The van der Waals surface area contributed by atoms with Gasteiger partial charge in [0.05, 0.1) is 0 Å². The Morgan fingerprint density at radius 3 is 2.75 bits per heavy atom. The molecule has 0 heterocycles. The molecule has 3 nitrogen and oxygen atoms in total. The summed E-state index contributed by atoms with van der Waals surface area (Å²) >= 11 is 0. The molecule has 1 rings (SSSR count). The number of hydrogen-bond donors (Lipinski definition) is 1. The van der Waals surface area contributed by atoms with Gasteiger partial charge in [0, 0.05) is 0 Å². The minimum atomic E-state index is -0.971. The van der Waals surface area contributed by atoms with E-state index in [1.54, 1.807) is 18.2 Å². The first kappa shape index (κ1) is 12.3. The molecule has 0 aliphatic rings. The van der Waals surface area contributed by atoms with E-state index in [-0.39, 0.29) is 5.56 Å². The number of carboxylic acids is 1. The predicted molar refractivity (Wildman–Crippen MR) is 63.2 cm³/mol. The van der Waals surface area contributed by atoms with Gasteiger partial charge in [-0.05, 0) is 23.6 Å². The largest absolute Gasteiger partial charge is 0.489 e. The van der Waals surface area contributed by atoms with Crippen LogP contribution in [0, 0.1) is 0 Å². The van der Waals surface area contributed by atoms with Gasteiger partial charge in [-0.15, -0.1) is 0 Å². The SMILES string of the molecule is C=CCOc1ccc(C(C)C)cc1C(=O)O. The van der Waals surface area contributed by atoms with E-state index < -0.39 is 5.97 Å². The molecule has 1 N–H and O–H groups in total. The Hall–Kier alpha value is -1.77. The molecule has 0 saturated heterocycles. The van der Waals surface area contributed by atoms with Crippen LogP contribution in [0.1, 0.15) is 35.7 Å².